The zero-order valence-electron chi connectivity index (χ0n) is 16.8. The number of guanidine groups is 1. The minimum absolute atomic E-state index is 0. The molecule has 0 spiro atoms. The van der Waals surface area contributed by atoms with Gasteiger partial charge in [-0.2, -0.15) is 0 Å². The van der Waals surface area contributed by atoms with Gasteiger partial charge in [0.1, 0.15) is 11.5 Å². The molecule has 1 aromatic rings. The van der Waals surface area contributed by atoms with Gasteiger partial charge in [0.2, 0.25) is 0 Å². The quantitative estimate of drug-likeness (QED) is 0.256. The lowest BCUT2D eigenvalue weighted by Crippen LogP contribution is -2.49. The highest BCUT2D eigenvalue weighted by Crippen LogP contribution is 2.18. The van der Waals surface area contributed by atoms with Gasteiger partial charge in [-0.3, -0.25) is 4.99 Å². The van der Waals surface area contributed by atoms with E-state index < -0.39 is 0 Å². The van der Waals surface area contributed by atoms with E-state index in [9.17, 15) is 4.79 Å². The molecule has 1 heterocycles. The predicted octanol–water partition coefficient (Wildman–Crippen LogP) is 2.48. The molecular formula is C19H31IN4O4. The van der Waals surface area contributed by atoms with Crippen LogP contribution in [0.25, 0.3) is 0 Å². The third-order valence-electron chi connectivity index (χ3n) is 4.42. The fourth-order valence-electron chi connectivity index (χ4n) is 2.88. The number of hydrogen-bond donors (Lipinski definition) is 2. The van der Waals surface area contributed by atoms with Crippen molar-refractivity contribution in [3.63, 3.8) is 0 Å². The van der Waals surface area contributed by atoms with Crippen molar-refractivity contribution in [2.45, 2.75) is 25.3 Å². The van der Waals surface area contributed by atoms with Crippen LogP contribution in [0.2, 0.25) is 0 Å². The van der Waals surface area contributed by atoms with Crippen LogP contribution in [0.3, 0.4) is 0 Å². The summed E-state index contributed by atoms with van der Waals surface area (Å²) in [5.74, 6) is 2.36. The van der Waals surface area contributed by atoms with E-state index in [1.807, 2.05) is 24.3 Å². The maximum Gasteiger partial charge on any atom is 0.409 e. The molecule has 0 aromatic heterocycles. The maximum absolute atomic E-state index is 11.5. The molecule has 0 radical (unpaired) electrons. The topological polar surface area (TPSA) is 84.4 Å². The molecule has 28 heavy (non-hydrogen) atoms. The summed E-state index contributed by atoms with van der Waals surface area (Å²) in [5, 5.41) is 6.71. The number of likely N-dealkylation sites (tertiary alicyclic amines) is 1. The Morgan fingerprint density at radius 2 is 1.96 bits per heavy atom. The van der Waals surface area contributed by atoms with Crippen LogP contribution in [0.1, 0.15) is 19.3 Å². The lowest BCUT2D eigenvalue weighted by Gasteiger charge is -2.32. The molecule has 1 aliphatic rings. The van der Waals surface area contributed by atoms with E-state index in [1.54, 1.807) is 19.1 Å². The van der Waals surface area contributed by atoms with Gasteiger partial charge >= 0.3 is 6.09 Å². The van der Waals surface area contributed by atoms with Gasteiger partial charge in [-0.05, 0) is 31.4 Å². The highest BCUT2D eigenvalue weighted by Gasteiger charge is 2.23. The Hall–Kier alpha value is -1.91. The van der Waals surface area contributed by atoms with Gasteiger partial charge in [-0.1, -0.05) is 6.07 Å². The summed E-state index contributed by atoms with van der Waals surface area (Å²) in [6.07, 6.45) is 2.33. The zero-order chi connectivity index (χ0) is 19.5. The molecule has 0 unspecified atom stereocenters. The molecule has 9 heteroatoms. The number of nitrogens with zero attached hydrogens (tertiary/aromatic N) is 2. The summed E-state index contributed by atoms with van der Waals surface area (Å²) in [4.78, 5) is 17.5. The smallest absolute Gasteiger partial charge is 0.409 e. The molecule has 8 nitrogen and oxygen atoms in total. The maximum atomic E-state index is 11.5. The molecule has 1 saturated heterocycles. The first-order valence-electron chi connectivity index (χ1n) is 9.23. The number of nitrogens with one attached hydrogen (secondary N) is 2. The van der Waals surface area contributed by atoms with Gasteiger partial charge in [-0.15, -0.1) is 24.0 Å². The number of carbonyl (C=O) groups is 1. The lowest BCUT2D eigenvalue weighted by atomic mass is 10.1. The molecule has 2 N–H and O–H groups in total. The standard InChI is InChI=1S/C19H30N4O4.HI/c1-20-18(22-15-8-11-23(12-9-15)19(24)26-3)21-10-5-13-27-17-7-4-6-16(14-17)25-2;/h4,6-7,14-15H,5,8-13H2,1-3H3,(H2,20,21,22);1H. The fourth-order valence-corrected chi connectivity index (χ4v) is 2.88. The minimum Gasteiger partial charge on any atom is -0.497 e. The second-order valence-corrected chi connectivity index (χ2v) is 6.26. The second kappa shape index (κ2) is 13.3. The first-order chi connectivity index (χ1) is 13.2. The Kier molecular flexibility index (Phi) is 11.5. The Labute approximate surface area is 184 Å². The van der Waals surface area contributed by atoms with E-state index in [2.05, 4.69) is 15.6 Å². The van der Waals surface area contributed by atoms with E-state index >= 15 is 0 Å². The number of methoxy groups -OCH3 is 2. The average molecular weight is 506 g/mol. The monoisotopic (exact) mass is 506 g/mol. The van der Waals surface area contributed by atoms with Crippen LogP contribution in [0.4, 0.5) is 4.79 Å². The third-order valence-corrected chi connectivity index (χ3v) is 4.42. The molecule has 0 atom stereocenters. The number of hydrogen-bond acceptors (Lipinski definition) is 5. The van der Waals surface area contributed by atoms with Gasteiger partial charge in [0, 0.05) is 38.8 Å². The second-order valence-electron chi connectivity index (χ2n) is 6.26. The summed E-state index contributed by atoms with van der Waals surface area (Å²) in [7, 11) is 4.81. The van der Waals surface area contributed by atoms with Gasteiger partial charge in [-0.25, -0.2) is 4.79 Å². The number of ether oxygens (including phenoxy) is 3. The molecule has 1 fully saturated rings. The summed E-state index contributed by atoms with van der Waals surface area (Å²) in [6.45, 7) is 2.74. The highest BCUT2D eigenvalue weighted by atomic mass is 127. The van der Waals surface area contributed by atoms with Gasteiger partial charge in [0.25, 0.3) is 0 Å². The van der Waals surface area contributed by atoms with Crippen molar-refractivity contribution in [1.82, 2.24) is 15.5 Å². The van der Waals surface area contributed by atoms with E-state index in [0.29, 0.717) is 25.7 Å². The van der Waals surface area contributed by atoms with Crippen molar-refractivity contribution < 1.29 is 19.0 Å². The van der Waals surface area contributed by atoms with Crippen molar-refractivity contribution in [3.05, 3.63) is 24.3 Å². The summed E-state index contributed by atoms with van der Waals surface area (Å²) < 4.78 is 15.7. The summed E-state index contributed by atoms with van der Waals surface area (Å²) >= 11 is 0. The van der Waals surface area contributed by atoms with Crippen LogP contribution in [0, 0.1) is 0 Å². The number of benzene rings is 1. The number of halogens is 1. The fraction of sp³-hybridized carbons (Fsp3) is 0.579. The number of rotatable bonds is 7. The van der Waals surface area contributed by atoms with E-state index in [0.717, 1.165) is 43.3 Å². The normalized spacial score (nSPS) is 14.7. The molecule has 2 rings (SSSR count). The van der Waals surface area contributed by atoms with Crippen LogP contribution in [0.15, 0.2) is 29.3 Å². The van der Waals surface area contributed by atoms with Crippen LogP contribution in [0.5, 0.6) is 11.5 Å². The van der Waals surface area contributed by atoms with Crippen LogP contribution in [-0.4, -0.2) is 70.5 Å². The number of carbonyl (C=O) groups excluding carboxylic acids is 1. The highest BCUT2D eigenvalue weighted by molar-refractivity contribution is 14.0. The van der Waals surface area contributed by atoms with Crippen molar-refractivity contribution in [3.8, 4) is 11.5 Å². The van der Waals surface area contributed by atoms with E-state index in [1.165, 1.54) is 7.11 Å². The Morgan fingerprint density at radius 1 is 1.25 bits per heavy atom. The third kappa shape index (κ3) is 7.99. The van der Waals surface area contributed by atoms with Crippen LogP contribution in [-0.2, 0) is 4.74 Å². The van der Waals surface area contributed by atoms with Gasteiger partial charge in [0.05, 0.1) is 20.8 Å². The lowest BCUT2D eigenvalue weighted by molar-refractivity contribution is 0.111. The number of aliphatic imine (C=N–C) groups is 1. The first kappa shape index (κ1) is 24.1. The van der Waals surface area contributed by atoms with Crippen LogP contribution < -0.4 is 20.1 Å². The Morgan fingerprint density at radius 3 is 2.61 bits per heavy atom. The van der Waals surface area contributed by atoms with Gasteiger partial charge < -0.3 is 29.7 Å². The molecule has 1 amide bonds. The summed E-state index contributed by atoms with van der Waals surface area (Å²) in [6, 6.07) is 7.87. The summed E-state index contributed by atoms with van der Waals surface area (Å²) in [5.41, 5.74) is 0. The molecule has 0 bridgehead atoms. The molecule has 1 aromatic carbocycles. The number of piperidine rings is 1. The van der Waals surface area contributed by atoms with Crippen LogP contribution >= 0.6 is 24.0 Å². The molecule has 1 aliphatic heterocycles. The van der Waals surface area contributed by atoms with E-state index in [4.69, 9.17) is 14.2 Å². The van der Waals surface area contributed by atoms with Crippen molar-refractivity contribution in [1.29, 1.82) is 0 Å². The zero-order valence-corrected chi connectivity index (χ0v) is 19.1. The van der Waals surface area contributed by atoms with E-state index in [-0.39, 0.29) is 30.1 Å². The Bertz CT molecular complexity index is 622. The first-order valence-corrected chi connectivity index (χ1v) is 9.23. The van der Waals surface area contributed by atoms with Crippen molar-refractivity contribution >= 4 is 36.0 Å². The molecular weight excluding hydrogens is 475 g/mol. The minimum atomic E-state index is -0.257. The van der Waals surface area contributed by atoms with Crippen molar-refractivity contribution in [2.24, 2.45) is 4.99 Å². The van der Waals surface area contributed by atoms with Gasteiger partial charge in [0.15, 0.2) is 5.96 Å². The predicted molar refractivity (Wildman–Crippen MR) is 120 cm³/mol. The van der Waals surface area contributed by atoms with Crippen molar-refractivity contribution in [2.75, 3.05) is 47.5 Å². The largest absolute Gasteiger partial charge is 0.497 e. The Balaban J connectivity index is 0.00000392. The molecule has 0 aliphatic carbocycles. The molecule has 158 valence electrons. The average Bonchev–Trinajstić information content (AvgIpc) is 2.72. The number of amides is 1. The SMILES string of the molecule is CN=C(NCCCOc1cccc(OC)c1)NC1CCN(C(=O)OC)CC1.I. The molecule has 0 saturated carbocycles.